The number of ketones is 1. The number of benzene rings is 4. The second-order valence-corrected chi connectivity index (χ2v) is 14.0. The van der Waals surface area contributed by atoms with Gasteiger partial charge in [0.15, 0.2) is 5.78 Å². The van der Waals surface area contributed by atoms with Gasteiger partial charge in [-0.1, -0.05) is 24.3 Å². The summed E-state index contributed by atoms with van der Waals surface area (Å²) in [4.78, 5) is 47.2. The Bertz CT molecular complexity index is 2220. The predicted octanol–water partition coefficient (Wildman–Crippen LogP) is 5.13. The minimum Gasteiger partial charge on any atom is -0.369 e. The highest BCUT2D eigenvalue weighted by molar-refractivity contribution is 5.91. The van der Waals surface area contributed by atoms with Crippen LogP contribution >= 0.6 is 0 Å². The number of nitro benzene ring substituents is 2. The lowest BCUT2D eigenvalue weighted by atomic mass is 9.99. The van der Waals surface area contributed by atoms with Gasteiger partial charge in [-0.15, -0.1) is 0 Å². The Kier molecular flexibility index (Phi) is 10.1. The normalized spacial score (nSPS) is 16.7. The molecular formula is C39H38F2N10O5. The number of carbonyl (C=O) groups is 1. The van der Waals surface area contributed by atoms with Crippen molar-refractivity contribution in [3.05, 3.63) is 129 Å². The van der Waals surface area contributed by atoms with Crippen LogP contribution < -0.4 is 9.80 Å². The predicted molar refractivity (Wildman–Crippen MR) is 206 cm³/mol. The Morgan fingerprint density at radius 2 is 0.964 bits per heavy atom. The summed E-state index contributed by atoms with van der Waals surface area (Å²) in [6.45, 7) is 3.97. The monoisotopic (exact) mass is 764 g/mol. The molecule has 8 rings (SSSR count). The highest BCUT2D eigenvalue weighted by Crippen LogP contribution is 2.30. The highest BCUT2D eigenvalue weighted by atomic mass is 19.1. The van der Waals surface area contributed by atoms with E-state index in [4.69, 9.17) is 0 Å². The van der Waals surface area contributed by atoms with Gasteiger partial charge in [0, 0.05) is 86.6 Å². The van der Waals surface area contributed by atoms with Crippen LogP contribution in [0.3, 0.4) is 0 Å². The van der Waals surface area contributed by atoms with E-state index in [1.54, 1.807) is 60.9 Å². The number of anilines is 2. The van der Waals surface area contributed by atoms with Gasteiger partial charge in [-0.2, -0.15) is 10.2 Å². The first-order chi connectivity index (χ1) is 27.1. The van der Waals surface area contributed by atoms with Crippen molar-refractivity contribution in [3.63, 3.8) is 0 Å². The molecule has 17 heteroatoms. The third-order valence-electron chi connectivity index (χ3n) is 10.9. The van der Waals surface area contributed by atoms with Crippen molar-refractivity contribution < 1.29 is 23.4 Å². The standard InChI is InChI=1S/C39H38F2N10O5/c40-29-7-11-31(12-8-29)44-15-19-46(20-16-44)35(25-48-37-27(23-42-48)3-1-5-33(37)50(53)54)39(52)36(26-49-38-28(24-43-49)4-2-6-34(38)51(55)56)47-21-17-45(18-22-47)32-13-9-30(41)10-14-32/h1-14,23-24,35-36H,15-22,25-26H2. The quantitative estimate of drug-likeness (QED) is 0.121. The minimum absolute atomic E-state index is 0.00970. The third-order valence-corrected chi connectivity index (χ3v) is 10.9. The van der Waals surface area contributed by atoms with Gasteiger partial charge in [0.05, 0.1) is 47.4 Å². The SMILES string of the molecule is O=C(C(Cn1ncc2cccc([N+](=O)[O-])c21)N1CCN(c2ccc(F)cc2)CC1)C(Cn1ncc2cccc([N+](=O)[O-])c21)N1CCN(c2ccc(F)cc2)CC1. The van der Waals surface area contributed by atoms with Crippen molar-refractivity contribution in [2.75, 3.05) is 62.2 Å². The zero-order valence-corrected chi connectivity index (χ0v) is 30.2. The second kappa shape index (κ2) is 15.4. The smallest absolute Gasteiger partial charge is 0.295 e. The summed E-state index contributed by atoms with van der Waals surface area (Å²) in [6, 6.07) is 20.4. The van der Waals surface area contributed by atoms with E-state index < -0.39 is 21.9 Å². The molecule has 0 aliphatic carbocycles. The number of aromatic nitrogens is 4. The van der Waals surface area contributed by atoms with Crippen LogP contribution in [-0.2, 0) is 17.9 Å². The zero-order valence-electron chi connectivity index (χ0n) is 30.2. The molecule has 0 saturated carbocycles. The fraction of sp³-hybridized carbons (Fsp3) is 0.308. The summed E-state index contributed by atoms with van der Waals surface area (Å²) in [5.74, 6) is -0.850. The van der Waals surface area contributed by atoms with Crippen molar-refractivity contribution in [3.8, 4) is 0 Å². The van der Waals surface area contributed by atoms with Crippen LogP contribution in [0.1, 0.15) is 0 Å². The minimum atomic E-state index is -0.815. The number of hydrogen-bond donors (Lipinski definition) is 0. The summed E-state index contributed by atoms with van der Waals surface area (Å²) in [5, 5.41) is 34.6. The van der Waals surface area contributed by atoms with Gasteiger partial charge < -0.3 is 9.80 Å². The van der Waals surface area contributed by atoms with E-state index >= 15 is 4.79 Å². The van der Waals surface area contributed by atoms with E-state index in [1.165, 1.54) is 45.8 Å². The molecule has 15 nitrogen and oxygen atoms in total. The summed E-state index contributed by atoms with van der Waals surface area (Å²) in [7, 11) is 0. The molecule has 4 aromatic carbocycles. The lowest BCUT2D eigenvalue weighted by Gasteiger charge is -2.43. The lowest BCUT2D eigenvalue weighted by molar-refractivity contribution is -0.383. The molecule has 2 aliphatic rings. The van der Waals surface area contributed by atoms with Gasteiger partial charge >= 0.3 is 0 Å². The van der Waals surface area contributed by atoms with Crippen molar-refractivity contribution in [2.24, 2.45) is 0 Å². The number of nitrogens with zero attached hydrogens (tertiary/aromatic N) is 10. The molecule has 0 spiro atoms. The van der Waals surface area contributed by atoms with Crippen LogP contribution in [0.4, 0.5) is 31.5 Å². The number of rotatable bonds is 12. The second-order valence-electron chi connectivity index (χ2n) is 14.0. The molecule has 6 aromatic rings. The highest BCUT2D eigenvalue weighted by Gasteiger charge is 2.39. The first kappa shape index (κ1) is 36.6. The molecule has 0 amide bonds. The van der Waals surface area contributed by atoms with Crippen LogP contribution in [0.25, 0.3) is 21.8 Å². The number of nitro groups is 2. The number of Topliss-reactive ketones (excluding diaryl/α,β-unsaturated/α-hetero) is 1. The molecular weight excluding hydrogens is 726 g/mol. The van der Waals surface area contributed by atoms with Gasteiger partial charge in [-0.25, -0.2) is 8.78 Å². The van der Waals surface area contributed by atoms with Crippen molar-refractivity contribution in [2.45, 2.75) is 25.2 Å². The van der Waals surface area contributed by atoms with Gasteiger partial charge in [0.2, 0.25) is 0 Å². The molecule has 4 heterocycles. The number of halogens is 2. The molecule has 2 aliphatic heterocycles. The first-order valence-electron chi connectivity index (χ1n) is 18.4. The van der Waals surface area contributed by atoms with Gasteiger partial charge in [0.1, 0.15) is 22.7 Å². The fourth-order valence-corrected chi connectivity index (χ4v) is 8.03. The molecule has 288 valence electrons. The maximum Gasteiger partial charge on any atom is 0.295 e. The first-order valence-corrected chi connectivity index (χ1v) is 18.4. The van der Waals surface area contributed by atoms with E-state index in [2.05, 4.69) is 29.8 Å². The Morgan fingerprint density at radius 1 is 0.589 bits per heavy atom. The van der Waals surface area contributed by atoms with E-state index in [1.807, 2.05) is 0 Å². The molecule has 56 heavy (non-hydrogen) atoms. The lowest BCUT2D eigenvalue weighted by Crippen LogP contribution is -2.61. The van der Waals surface area contributed by atoms with Crippen molar-refractivity contribution in [1.82, 2.24) is 29.4 Å². The molecule has 2 saturated heterocycles. The van der Waals surface area contributed by atoms with Crippen LogP contribution in [0.15, 0.2) is 97.3 Å². The fourth-order valence-electron chi connectivity index (χ4n) is 8.03. The molecule has 0 radical (unpaired) electrons. The Hall–Kier alpha value is -6.33. The number of fused-ring (bicyclic) bond motifs is 2. The van der Waals surface area contributed by atoms with Crippen LogP contribution in [0, 0.1) is 31.9 Å². The number of carbonyl (C=O) groups excluding carboxylic acids is 1. The van der Waals surface area contributed by atoms with Gasteiger partial charge in [0.25, 0.3) is 11.4 Å². The molecule has 2 atom stereocenters. The summed E-state index contributed by atoms with van der Waals surface area (Å²) < 4.78 is 30.5. The number of non-ortho nitro benzene ring substituents is 2. The third kappa shape index (κ3) is 7.25. The summed E-state index contributed by atoms with van der Waals surface area (Å²) >= 11 is 0. The van der Waals surface area contributed by atoms with Crippen molar-refractivity contribution in [1.29, 1.82) is 0 Å². The molecule has 2 aromatic heterocycles. The van der Waals surface area contributed by atoms with Gasteiger partial charge in [-0.05, 0) is 48.5 Å². The van der Waals surface area contributed by atoms with E-state index in [9.17, 15) is 29.0 Å². The van der Waals surface area contributed by atoms with Crippen LogP contribution in [-0.4, -0.2) is 109 Å². The Labute approximate surface area is 319 Å². The average Bonchev–Trinajstić information content (AvgIpc) is 3.83. The van der Waals surface area contributed by atoms with Crippen molar-refractivity contribution >= 4 is 50.3 Å². The number of para-hydroxylation sites is 2. The van der Waals surface area contributed by atoms with Crippen LogP contribution in [0.5, 0.6) is 0 Å². The number of piperazine rings is 2. The Balaban J connectivity index is 1.16. The largest absolute Gasteiger partial charge is 0.369 e. The molecule has 2 unspecified atom stereocenters. The Morgan fingerprint density at radius 3 is 1.32 bits per heavy atom. The van der Waals surface area contributed by atoms with E-state index in [0.29, 0.717) is 74.2 Å². The van der Waals surface area contributed by atoms with E-state index in [0.717, 1.165) is 11.4 Å². The summed E-state index contributed by atoms with van der Waals surface area (Å²) in [5.41, 5.74) is 2.06. The maximum atomic E-state index is 15.4. The zero-order chi connectivity index (χ0) is 38.9. The summed E-state index contributed by atoms with van der Waals surface area (Å²) in [6.07, 6.45) is 3.11. The van der Waals surface area contributed by atoms with Gasteiger partial charge in [-0.3, -0.25) is 44.2 Å². The average molecular weight is 765 g/mol. The molecule has 2 fully saturated rings. The topological polar surface area (TPSA) is 152 Å². The molecule has 0 N–H and O–H groups in total. The van der Waals surface area contributed by atoms with Crippen LogP contribution in [0.2, 0.25) is 0 Å². The molecule has 0 bridgehead atoms. The number of hydrogen-bond acceptors (Lipinski definition) is 11. The van der Waals surface area contributed by atoms with E-state index in [-0.39, 0.29) is 41.9 Å². The maximum absolute atomic E-state index is 15.4.